The maximum atomic E-state index is 12.8. The Hall–Kier alpha value is -1.67. The molecule has 1 N–H and O–H groups in total. The number of imidazole rings is 1. The highest BCUT2D eigenvalue weighted by molar-refractivity contribution is 7.99. The van der Waals surface area contributed by atoms with E-state index in [9.17, 15) is 13.2 Å². The number of aromatic amines is 1. The largest absolute Gasteiger partial charge is 0.416 e. The number of nitrogens with zero attached hydrogens (tertiary/aromatic N) is 2. The molecule has 0 saturated carbocycles. The highest BCUT2D eigenvalue weighted by Crippen LogP contribution is 2.32. The SMILES string of the molecule is CCSc1ccnc(CSc2nc3ccc(C(F)(F)F)cc3[nH]2)c1C. The zero-order valence-electron chi connectivity index (χ0n) is 13.6. The third-order valence-electron chi connectivity index (χ3n) is 3.69. The van der Waals surface area contributed by atoms with E-state index in [1.165, 1.54) is 22.7 Å². The van der Waals surface area contributed by atoms with Crippen LogP contribution in [0, 0.1) is 6.92 Å². The molecule has 132 valence electrons. The molecular weight excluding hydrogens is 367 g/mol. The second kappa shape index (κ2) is 7.29. The number of thioether (sulfide) groups is 2. The van der Waals surface area contributed by atoms with E-state index in [0.29, 0.717) is 21.9 Å². The summed E-state index contributed by atoms with van der Waals surface area (Å²) in [6.45, 7) is 4.14. The van der Waals surface area contributed by atoms with E-state index in [2.05, 4.69) is 21.9 Å². The van der Waals surface area contributed by atoms with Crippen molar-refractivity contribution in [1.29, 1.82) is 0 Å². The van der Waals surface area contributed by atoms with Crippen LogP contribution in [0.25, 0.3) is 11.0 Å². The van der Waals surface area contributed by atoms with E-state index >= 15 is 0 Å². The van der Waals surface area contributed by atoms with Crippen LogP contribution in [0.3, 0.4) is 0 Å². The molecule has 0 radical (unpaired) electrons. The molecule has 0 amide bonds. The number of alkyl halides is 3. The maximum absolute atomic E-state index is 12.8. The number of halogens is 3. The van der Waals surface area contributed by atoms with Gasteiger partial charge in [-0.2, -0.15) is 13.2 Å². The first-order chi connectivity index (χ1) is 11.9. The average Bonchev–Trinajstić information content (AvgIpc) is 2.97. The number of rotatable bonds is 5. The molecule has 3 nitrogen and oxygen atoms in total. The minimum Gasteiger partial charge on any atom is -0.333 e. The number of fused-ring (bicyclic) bond motifs is 1. The average molecular weight is 383 g/mol. The topological polar surface area (TPSA) is 41.6 Å². The Bertz CT molecular complexity index is 890. The van der Waals surface area contributed by atoms with E-state index in [0.717, 1.165) is 29.1 Å². The molecule has 0 bridgehead atoms. The van der Waals surface area contributed by atoms with Gasteiger partial charge in [-0.1, -0.05) is 18.7 Å². The highest BCUT2D eigenvalue weighted by atomic mass is 32.2. The molecule has 0 atom stereocenters. The zero-order chi connectivity index (χ0) is 18.0. The summed E-state index contributed by atoms with van der Waals surface area (Å²) in [5.41, 5.74) is 2.33. The number of hydrogen-bond donors (Lipinski definition) is 1. The lowest BCUT2D eigenvalue weighted by Gasteiger charge is -2.08. The number of aromatic nitrogens is 3. The van der Waals surface area contributed by atoms with Crippen molar-refractivity contribution < 1.29 is 13.2 Å². The fourth-order valence-electron chi connectivity index (χ4n) is 2.38. The van der Waals surface area contributed by atoms with Crippen molar-refractivity contribution in [1.82, 2.24) is 15.0 Å². The lowest BCUT2D eigenvalue weighted by molar-refractivity contribution is -0.137. The van der Waals surface area contributed by atoms with Gasteiger partial charge in [0.05, 0.1) is 22.3 Å². The van der Waals surface area contributed by atoms with Crippen LogP contribution in [0.2, 0.25) is 0 Å². The quantitative estimate of drug-likeness (QED) is 0.575. The van der Waals surface area contributed by atoms with Crippen LogP contribution >= 0.6 is 23.5 Å². The van der Waals surface area contributed by atoms with E-state index in [1.807, 2.05) is 13.0 Å². The van der Waals surface area contributed by atoms with Crippen molar-refractivity contribution in [3.8, 4) is 0 Å². The molecule has 2 heterocycles. The molecule has 0 unspecified atom stereocenters. The Labute approximate surface area is 151 Å². The summed E-state index contributed by atoms with van der Waals surface area (Å²) in [5, 5.41) is 0.587. The van der Waals surface area contributed by atoms with Crippen LogP contribution in [0.15, 0.2) is 40.5 Å². The number of pyridine rings is 1. The van der Waals surface area contributed by atoms with Crippen LogP contribution in [-0.4, -0.2) is 20.7 Å². The summed E-state index contributed by atoms with van der Waals surface area (Å²) >= 11 is 3.20. The normalized spacial score (nSPS) is 12.0. The smallest absolute Gasteiger partial charge is 0.333 e. The molecule has 0 spiro atoms. The van der Waals surface area contributed by atoms with Gasteiger partial charge in [0, 0.05) is 16.8 Å². The Kier molecular flexibility index (Phi) is 5.29. The summed E-state index contributed by atoms with van der Waals surface area (Å²) < 4.78 is 38.4. The Balaban J connectivity index is 1.79. The Morgan fingerprint density at radius 2 is 1.96 bits per heavy atom. The van der Waals surface area contributed by atoms with Gasteiger partial charge < -0.3 is 4.98 Å². The second-order valence-electron chi connectivity index (χ2n) is 5.37. The minimum atomic E-state index is -4.36. The number of nitrogens with one attached hydrogen (secondary N) is 1. The van der Waals surface area contributed by atoms with Gasteiger partial charge in [-0.25, -0.2) is 4.98 Å². The standard InChI is InChI=1S/C17H16F3N3S2/c1-3-24-15-6-7-21-14(10(15)2)9-25-16-22-12-5-4-11(17(18,19)20)8-13(12)23-16/h4-8H,3,9H2,1-2H3,(H,22,23). The molecular formula is C17H16F3N3S2. The first-order valence-electron chi connectivity index (χ1n) is 7.65. The monoisotopic (exact) mass is 383 g/mol. The van der Waals surface area contributed by atoms with Crippen LogP contribution in [0.4, 0.5) is 13.2 Å². The summed E-state index contributed by atoms with van der Waals surface area (Å²) in [6.07, 6.45) is -2.57. The van der Waals surface area contributed by atoms with Crippen molar-refractivity contribution in [2.24, 2.45) is 0 Å². The van der Waals surface area contributed by atoms with Crippen molar-refractivity contribution in [2.45, 2.75) is 35.8 Å². The zero-order valence-corrected chi connectivity index (χ0v) is 15.3. The molecule has 0 saturated heterocycles. The van der Waals surface area contributed by atoms with Gasteiger partial charge in [-0.15, -0.1) is 11.8 Å². The van der Waals surface area contributed by atoms with Gasteiger partial charge in [-0.05, 0) is 42.5 Å². The van der Waals surface area contributed by atoms with Gasteiger partial charge in [0.2, 0.25) is 0 Å². The van der Waals surface area contributed by atoms with Crippen molar-refractivity contribution in [3.63, 3.8) is 0 Å². The lowest BCUT2D eigenvalue weighted by Crippen LogP contribution is -2.04. The third kappa shape index (κ3) is 4.12. The molecule has 0 aliphatic rings. The van der Waals surface area contributed by atoms with E-state index in [-0.39, 0.29) is 0 Å². The molecule has 8 heteroatoms. The predicted molar refractivity (Wildman–Crippen MR) is 96.0 cm³/mol. The molecule has 3 rings (SSSR count). The predicted octanol–water partition coefficient (Wildman–Crippen LogP) is 5.69. The van der Waals surface area contributed by atoms with Gasteiger partial charge in [-0.3, -0.25) is 4.98 Å². The molecule has 25 heavy (non-hydrogen) atoms. The van der Waals surface area contributed by atoms with Crippen molar-refractivity contribution in [2.75, 3.05) is 5.75 Å². The van der Waals surface area contributed by atoms with Crippen molar-refractivity contribution >= 4 is 34.6 Å². The maximum Gasteiger partial charge on any atom is 0.416 e. The van der Waals surface area contributed by atoms with Crippen LogP contribution in [0.5, 0.6) is 0 Å². The molecule has 0 aliphatic heterocycles. The lowest BCUT2D eigenvalue weighted by atomic mass is 10.2. The first kappa shape index (κ1) is 18.1. The fraction of sp³-hybridized carbons (Fsp3) is 0.294. The molecule has 3 aromatic rings. The molecule has 2 aromatic heterocycles. The van der Waals surface area contributed by atoms with Gasteiger partial charge in [0.25, 0.3) is 0 Å². The summed E-state index contributed by atoms with van der Waals surface area (Å²) in [7, 11) is 0. The summed E-state index contributed by atoms with van der Waals surface area (Å²) in [6, 6.07) is 5.53. The molecule has 0 aliphatic carbocycles. The van der Waals surface area contributed by atoms with Gasteiger partial charge in [0.1, 0.15) is 0 Å². The summed E-state index contributed by atoms with van der Waals surface area (Å²) in [5.74, 6) is 1.60. The number of benzene rings is 1. The Morgan fingerprint density at radius 3 is 2.68 bits per heavy atom. The number of hydrogen-bond acceptors (Lipinski definition) is 4. The highest BCUT2D eigenvalue weighted by Gasteiger charge is 2.30. The molecule has 0 fully saturated rings. The van der Waals surface area contributed by atoms with Crippen LogP contribution in [0.1, 0.15) is 23.7 Å². The first-order valence-corrected chi connectivity index (χ1v) is 9.62. The van der Waals surface area contributed by atoms with Gasteiger partial charge >= 0.3 is 6.18 Å². The number of H-pyrrole nitrogens is 1. The van der Waals surface area contributed by atoms with E-state index < -0.39 is 11.7 Å². The van der Waals surface area contributed by atoms with E-state index in [4.69, 9.17) is 0 Å². The Morgan fingerprint density at radius 1 is 1.16 bits per heavy atom. The van der Waals surface area contributed by atoms with Crippen LogP contribution < -0.4 is 0 Å². The van der Waals surface area contributed by atoms with Gasteiger partial charge in [0.15, 0.2) is 5.16 Å². The second-order valence-corrected chi connectivity index (χ2v) is 7.64. The van der Waals surface area contributed by atoms with Crippen LogP contribution in [-0.2, 0) is 11.9 Å². The van der Waals surface area contributed by atoms with Crippen molar-refractivity contribution in [3.05, 3.63) is 47.3 Å². The third-order valence-corrected chi connectivity index (χ3v) is 5.62. The fourth-order valence-corrected chi connectivity index (χ4v) is 4.10. The minimum absolute atomic E-state index is 0.386. The summed E-state index contributed by atoms with van der Waals surface area (Å²) in [4.78, 5) is 12.9. The van der Waals surface area contributed by atoms with E-state index in [1.54, 1.807) is 18.0 Å². The molecule has 1 aromatic carbocycles.